The minimum Gasteiger partial charge on any atom is -0.282 e. The van der Waals surface area contributed by atoms with Crippen LogP contribution in [-0.2, 0) is 10.1 Å². The Labute approximate surface area is 172 Å². The summed E-state index contributed by atoms with van der Waals surface area (Å²) in [7, 11) is -4.31. The normalized spacial score (nSPS) is 11.3. The van der Waals surface area contributed by atoms with Crippen molar-refractivity contribution in [1.29, 1.82) is 0 Å². The van der Waals surface area contributed by atoms with Gasteiger partial charge in [0.15, 0.2) is 0 Å². The van der Waals surface area contributed by atoms with Crippen LogP contribution in [0.2, 0.25) is 0 Å². The molecule has 0 bridgehead atoms. The monoisotopic (exact) mass is 369 g/mol. The quantitative estimate of drug-likeness (QED) is 0.555. The molecule has 0 aromatic heterocycles. The van der Waals surface area contributed by atoms with Crippen molar-refractivity contribution >= 4 is 95.9 Å². The Kier molecular flexibility index (Phi) is 5.18. The Balaban J connectivity index is 0.00000161. The fourth-order valence-corrected chi connectivity index (χ4v) is 3.36. The molecule has 0 saturated carbocycles. The first kappa shape index (κ1) is 17.0. The first-order valence-electron chi connectivity index (χ1n) is 6.06. The van der Waals surface area contributed by atoms with Crippen molar-refractivity contribution in [2.45, 2.75) is 4.90 Å². The fraction of sp³-hybridized carbons (Fsp3) is 0. The van der Waals surface area contributed by atoms with Gasteiger partial charge in [-0.25, -0.2) is 0 Å². The van der Waals surface area contributed by atoms with Crippen LogP contribution < -0.4 is 0 Å². The standard InChI is InChI=1S/C16H12O3S.Rb/c1-2-11-7-8-14-9-12-5-3-4-6-13(12)10-15(14)16(11)20(17,18)19;/h2-10H,1H2,(H,17,18,19);. The van der Waals surface area contributed by atoms with Crippen LogP contribution in [0.15, 0.2) is 60.0 Å². The summed E-state index contributed by atoms with van der Waals surface area (Å²) in [5, 5.41) is 3.21. The molecule has 0 heterocycles. The topological polar surface area (TPSA) is 54.4 Å². The van der Waals surface area contributed by atoms with Gasteiger partial charge >= 0.3 is 0 Å². The molecule has 0 atom stereocenters. The molecule has 3 nitrogen and oxygen atoms in total. The zero-order chi connectivity index (χ0) is 14.3. The zero-order valence-electron chi connectivity index (χ0n) is 11.6. The van der Waals surface area contributed by atoms with E-state index in [1.54, 1.807) is 12.1 Å². The van der Waals surface area contributed by atoms with Crippen LogP contribution in [0.5, 0.6) is 0 Å². The van der Waals surface area contributed by atoms with Crippen LogP contribution >= 0.6 is 0 Å². The van der Waals surface area contributed by atoms with Gasteiger partial charge in [0.1, 0.15) is 4.90 Å². The van der Waals surface area contributed by atoms with E-state index in [9.17, 15) is 13.0 Å². The summed E-state index contributed by atoms with van der Waals surface area (Å²) in [6, 6.07) is 14.8. The van der Waals surface area contributed by atoms with Crippen LogP contribution in [0.3, 0.4) is 0 Å². The molecule has 0 unspecified atom stereocenters. The van der Waals surface area contributed by atoms with Gasteiger partial charge in [-0.05, 0) is 33.9 Å². The van der Waals surface area contributed by atoms with Gasteiger partial charge in [0.2, 0.25) is 0 Å². The van der Waals surface area contributed by atoms with Gasteiger partial charge in [-0.2, -0.15) is 8.42 Å². The predicted octanol–water partition coefficient (Wildman–Crippen LogP) is 3.50. The van der Waals surface area contributed by atoms with E-state index in [1.807, 2.05) is 36.4 Å². The SMILES string of the molecule is C=Cc1ccc2cc3ccccc3cc2c1S(=O)(=O)O.[Rb]. The van der Waals surface area contributed by atoms with Crippen molar-refractivity contribution in [3.8, 4) is 0 Å². The van der Waals surface area contributed by atoms with Gasteiger partial charge in [0.05, 0.1) is 0 Å². The molecule has 5 heteroatoms. The van der Waals surface area contributed by atoms with E-state index in [4.69, 9.17) is 0 Å². The van der Waals surface area contributed by atoms with Crippen LogP contribution in [0.1, 0.15) is 5.56 Å². The third kappa shape index (κ3) is 3.21. The molecule has 0 saturated heterocycles. The zero-order valence-corrected chi connectivity index (χ0v) is 17.3. The first-order valence-corrected chi connectivity index (χ1v) is 7.50. The van der Waals surface area contributed by atoms with Gasteiger partial charge < -0.3 is 0 Å². The van der Waals surface area contributed by atoms with Gasteiger partial charge in [0.25, 0.3) is 10.1 Å². The predicted molar refractivity (Wildman–Crippen MR) is 87.1 cm³/mol. The van der Waals surface area contributed by atoms with E-state index in [2.05, 4.69) is 6.58 Å². The van der Waals surface area contributed by atoms with Crippen LogP contribution in [0.25, 0.3) is 27.6 Å². The van der Waals surface area contributed by atoms with E-state index in [0.717, 1.165) is 16.2 Å². The van der Waals surface area contributed by atoms with Crippen LogP contribution in [-0.4, -0.2) is 71.2 Å². The number of rotatable bonds is 2. The van der Waals surface area contributed by atoms with Crippen LogP contribution in [0.4, 0.5) is 0 Å². The summed E-state index contributed by atoms with van der Waals surface area (Å²) in [6.07, 6.45) is 1.43. The number of fused-ring (bicyclic) bond motifs is 2. The minimum absolute atomic E-state index is 0. The van der Waals surface area contributed by atoms with Crippen molar-refractivity contribution in [2.24, 2.45) is 0 Å². The maximum absolute atomic E-state index is 11.7. The molecule has 0 aliphatic rings. The summed E-state index contributed by atoms with van der Waals surface area (Å²) >= 11 is 0. The average Bonchev–Trinajstić information content (AvgIpc) is 2.42. The summed E-state index contributed by atoms with van der Waals surface area (Å²) in [5.74, 6) is 0. The second kappa shape index (κ2) is 6.40. The van der Waals surface area contributed by atoms with E-state index < -0.39 is 10.1 Å². The summed E-state index contributed by atoms with van der Waals surface area (Å²) in [4.78, 5) is -0.0873. The summed E-state index contributed by atoms with van der Waals surface area (Å²) in [5.41, 5.74) is 0.398. The molecule has 0 spiro atoms. The number of benzene rings is 3. The average molecular weight is 370 g/mol. The van der Waals surface area contributed by atoms with Gasteiger partial charge in [-0.1, -0.05) is 49.1 Å². The molecule has 0 aliphatic carbocycles. The van der Waals surface area contributed by atoms with Crippen molar-refractivity contribution in [3.05, 3.63) is 60.7 Å². The molecule has 3 rings (SSSR count). The molecule has 1 radical (unpaired) electrons. The molecular weight excluding hydrogens is 358 g/mol. The largest absolute Gasteiger partial charge is 0.295 e. The number of hydrogen-bond donors (Lipinski definition) is 1. The number of hydrogen-bond acceptors (Lipinski definition) is 2. The fourth-order valence-electron chi connectivity index (χ4n) is 2.45. The summed E-state index contributed by atoms with van der Waals surface area (Å²) < 4.78 is 32.8. The van der Waals surface area contributed by atoms with Crippen molar-refractivity contribution < 1.29 is 13.0 Å². The molecule has 3 aromatic rings. The Morgan fingerprint density at radius 1 is 0.952 bits per heavy atom. The minimum atomic E-state index is -4.31. The van der Waals surface area contributed by atoms with Gasteiger partial charge in [-0.3, -0.25) is 4.55 Å². The van der Waals surface area contributed by atoms with E-state index in [-0.39, 0.29) is 63.1 Å². The first-order chi connectivity index (χ1) is 9.50. The molecule has 0 aliphatic heterocycles. The van der Waals surface area contributed by atoms with E-state index in [0.29, 0.717) is 10.9 Å². The molecule has 101 valence electrons. The maximum Gasteiger partial charge on any atom is 0.295 e. The third-order valence-corrected chi connectivity index (χ3v) is 4.32. The van der Waals surface area contributed by atoms with E-state index in [1.165, 1.54) is 6.08 Å². The maximum atomic E-state index is 11.7. The Morgan fingerprint density at radius 3 is 2.14 bits per heavy atom. The van der Waals surface area contributed by atoms with Gasteiger partial charge in [0, 0.05) is 63.6 Å². The third-order valence-electron chi connectivity index (χ3n) is 3.34. The Bertz CT molecular complexity index is 946. The van der Waals surface area contributed by atoms with E-state index >= 15 is 0 Å². The van der Waals surface area contributed by atoms with Crippen molar-refractivity contribution in [2.75, 3.05) is 0 Å². The smallest absolute Gasteiger partial charge is 0.282 e. The summed E-state index contributed by atoms with van der Waals surface area (Å²) in [6.45, 7) is 3.60. The van der Waals surface area contributed by atoms with Crippen molar-refractivity contribution in [3.63, 3.8) is 0 Å². The Hall–Kier alpha value is -0.365. The van der Waals surface area contributed by atoms with Crippen LogP contribution in [0, 0.1) is 0 Å². The molecule has 3 aromatic carbocycles. The molecular formula is C16H12O3RbS. The van der Waals surface area contributed by atoms with Crippen molar-refractivity contribution in [1.82, 2.24) is 0 Å². The molecule has 1 N–H and O–H groups in total. The molecule has 0 fully saturated rings. The second-order valence-corrected chi connectivity index (χ2v) is 5.94. The Morgan fingerprint density at radius 2 is 1.57 bits per heavy atom. The second-order valence-electron chi connectivity index (χ2n) is 4.58. The molecule has 21 heavy (non-hydrogen) atoms. The van der Waals surface area contributed by atoms with Gasteiger partial charge in [-0.15, -0.1) is 0 Å². The molecule has 0 amide bonds.